The average Bonchev–Trinajstić information content (AvgIpc) is 2.11. The van der Waals surface area contributed by atoms with Crippen LogP contribution in [0.15, 0.2) is 0 Å². The van der Waals surface area contributed by atoms with Crippen LogP contribution in [0.25, 0.3) is 0 Å². The molecular weight excluding hydrogens is 200 g/mol. The van der Waals surface area contributed by atoms with E-state index in [9.17, 15) is 0 Å². The van der Waals surface area contributed by atoms with E-state index in [1.54, 1.807) is 0 Å². The molecule has 3 atom stereocenters. The first-order chi connectivity index (χ1) is 7.11. The molecule has 0 saturated carbocycles. The van der Waals surface area contributed by atoms with E-state index in [0.717, 1.165) is 19.3 Å². The molecule has 0 aromatic carbocycles. The zero-order valence-corrected chi connectivity index (χ0v) is 11.3. The van der Waals surface area contributed by atoms with Crippen LogP contribution in [0, 0.1) is 5.92 Å². The molecule has 0 aliphatic heterocycles. The minimum Gasteiger partial charge on any atom is -0.330 e. The fraction of sp³-hybridized carbons (Fsp3) is 1.00. The van der Waals surface area contributed by atoms with E-state index in [2.05, 4.69) is 6.92 Å². The second kappa shape index (κ2) is 5.96. The molecule has 0 radical (unpaired) electrons. The van der Waals surface area contributed by atoms with Crippen molar-refractivity contribution >= 4 is 0 Å². The van der Waals surface area contributed by atoms with Gasteiger partial charge in [-0.25, -0.2) is 0 Å². The summed E-state index contributed by atoms with van der Waals surface area (Å²) in [5.41, 5.74) is 23.4. The van der Waals surface area contributed by atoms with E-state index in [0.29, 0.717) is 12.5 Å². The summed E-state index contributed by atoms with van der Waals surface area (Å²) in [6.45, 7) is 8.85. The summed E-state index contributed by atoms with van der Waals surface area (Å²) >= 11 is 0. The van der Waals surface area contributed by atoms with Crippen molar-refractivity contribution in [2.24, 2.45) is 28.9 Å². The summed E-state index contributed by atoms with van der Waals surface area (Å²) in [5, 5.41) is 0. The Kier molecular flexibility index (Phi) is 5.90. The van der Waals surface area contributed by atoms with Gasteiger partial charge in [0.25, 0.3) is 0 Å². The Morgan fingerprint density at radius 2 is 1.62 bits per heavy atom. The van der Waals surface area contributed by atoms with Gasteiger partial charge in [-0.3, -0.25) is 0 Å². The van der Waals surface area contributed by atoms with Crippen LogP contribution in [0.5, 0.6) is 0 Å². The Hall–Kier alpha value is -0.160. The van der Waals surface area contributed by atoms with Crippen LogP contribution in [-0.2, 0) is 0 Å². The number of hydrogen-bond acceptors (Lipinski definition) is 4. The van der Waals surface area contributed by atoms with Crippen LogP contribution < -0.4 is 22.9 Å². The Morgan fingerprint density at radius 1 is 1.12 bits per heavy atom. The molecule has 0 fully saturated rings. The van der Waals surface area contributed by atoms with Crippen molar-refractivity contribution in [1.82, 2.24) is 0 Å². The summed E-state index contributed by atoms with van der Waals surface area (Å²) in [5.74, 6) is 0.292. The van der Waals surface area contributed by atoms with Crippen LogP contribution in [0.1, 0.15) is 47.0 Å². The molecule has 0 aromatic rings. The minimum atomic E-state index is -0.383. The first kappa shape index (κ1) is 15.8. The van der Waals surface area contributed by atoms with Gasteiger partial charge >= 0.3 is 0 Å². The first-order valence-corrected chi connectivity index (χ1v) is 6.14. The Balaban J connectivity index is 4.39. The average molecular weight is 230 g/mol. The zero-order chi connectivity index (χ0) is 13.0. The summed E-state index contributed by atoms with van der Waals surface area (Å²) in [7, 11) is 0. The van der Waals surface area contributed by atoms with Crippen LogP contribution in [0.4, 0.5) is 0 Å². The second-order valence-electron chi connectivity index (χ2n) is 6.00. The SMILES string of the molecule is CC(CC(C)(C)N)C(C)(N)C(N)CCCN. The lowest BCUT2D eigenvalue weighted by Gasteiger charge is -2.40. The Labute approximate surface area is 100 Å². The lowest BCUT2D eigenvalue weighted by Crippen LogP contribution is -2.58. The van der Waals surface area contributed by atoms with Gasteiger partial charge in [0, 0.05) is 17.1 Å². The zero-order valence-electron chi connectivity index (χ0n) is 11.3. The quantitative estimate of drug-likeness (QED) is 0.512. The third kappa shape index (κ3) is 5.25. The molecule has 98 valence electrons. The van der Waals surface area contributed by atoms with Crippen LogP contribution in [-0.4, -0.2) is 23.7 Å². The summed E-state index contributed by atoms with van der Waals surface area (Å²) in [4.78, 5) is 0. The highest BCUT2D eigenvalue weighted by Crippen LogP contribution is 2.26. The van der Waals surface area contributed by atoms with E-state index >= 15 is 0 Å². The highest BCUT2D eigenvalue weighted by Gasteiger charge is 2.34. The van der Waals surface area contributed by atoms with Crippen molar-refractivity contribution in [3.63, 3.8) is 0 Å². The fourth-order valence-corrected chi connectivity index (χ4v) is 2.02. The van der Waals surface area contributed by atoms with Gasteiger partial charge in [-0.15, -0.1) is 0 Å². The molecule has 4 heteroatoms. The maximum absolute atomic E-state index is 6.33. The summed E-state index contributed by atoms with van der Waals surface area (Å²) < 4.78 is 0. The van der Waals surface area contributed by atoms with Crippen LogP contribution in [0.2, 0.25) is 0 Å². The molecule has 0 spiro atoms. The van der Waals surface area contributed by atoms with E-state index < -0.39 is 0 Å². The van der Waals surface area contributed by atoms with Crippen molar-refractivity contribution in [3.05, 3.63) is 0 Å². The smallest absolute Gasteiger partial charge is 0.0305 e. The molecule has 0 aliphatic rings. The highest BCUT2D eigenvalue weighted by molar-refractivity contribution is 4.96. The third-order valence-electron chi connectivity index (χ3n) is 3.41. The molecule has 0 amide bonds. The molecule has 8 N–H and O–H groups in total. The van der Waals surface area contributed by atoms with Crippen molar-refractivity contribution in [3.8, 4) is 0 Å². The Morgan fingerprint density at radius 3 is 2.00 bits per heavy atom. The molecule has 0 saturated heterocycles. The van der Waals surface area contributed by atoms with Gasteiger partial charge in [0.05, 0.1) is 0 Å². The van der Waals surface area contributed by atoms with E-state index in [-0.39, 0.29) is 17.1 Å². The van der Waals surface area contributed by atoms with Gasteiger partial charge in [0.15, 0.2) is 0 Å². The van der Waals surface area contributed by atoms with Crippen LogP contribution in [0.3, 0.4) is 0 Å². The van der Waals surface area contributed by atoms with E-state index in [4.69, 9.17) is 22.9 Å². The van der Waals surface area contributed by atoms with Gasteiger partial charge in [0.1, 0.15) is 0 Å². The first-order valence-electron chi connectivity index (χ1n) is 6.14. The van der Waals surface area contributed by atoms with Crippen molar-refractivity contribution < 1.29 is 0 Å². The highest BCUT2D eigenvalue weighted by atomic mass is 14.9. The fourth-order valence-electron chi connectivity index (χ4n) is 2.02. The van der Waals surface area contributed by atoms with Crippen molar-refractivity contribution in [2.75, 3.05) is 6.54 Å². The summed E-state index contributed by atoms with van der Waals surface area (Å²) in [6.07, 6.45) is 2.67. The lowest BCUT2D eigenvalue weighted by atomic mass is 9.75. The predicted molar refractivity (Wildman–Crippen MR) is 70.9 cm³/mol. The lowest BCUT2D eigenvalue weighted by molar-refractivity contribution is 0.210. The number of rotatable bonds is 7. The molecule has 0 aliphatic carbocycles. The topological polar surface area (TPSA) is 104 Å². The van der Waals surface area contributed by atoms with Gasteiger partial charge in [-0.05, 0) is 52.5 Å². The van der Waals surface area contributed by atoms with Crippen molar-refractivity contribution in [1.29, 1.82) is 0 Å². The minimum absolute atomic E-state index is 0.0200. The third-order valence-corrected chi connectivity index (χ3v) is 3.41. The van der Waals surface area contributed by atoms with Crippen molar-refractivity contribution in [2.45, 2.75) is 64.1 Å². The largest absolute Gasteiger partial charge is 0.330 e. The van der Waals surface area contributed by atoms with Gasteiger partial charge in [0.2, 0.25) is 0 Å². The standard InChI is InChI=1S/C12H30N4/c1-9(8-11(2,3)15)12(4,16)10(14)6-5-7-13/h9-10H,5-8,13-16H2,1-4H3. The van der Waals surface area contributed by atoms with E-state index in [1.165, 1.54) is 0 Å². The Bertz CT molecular complexity index is 196. The predicted octanol–water partition coefficient (Wildman–Crippen LogP) is 0.534. The van der Waals surface area contributed by atoms with E-state index in [1.807, 2.05) is 20.8 Å². The van der Waals surface area contributed by atoms with Gasteiger partial charge in [-0.1, -0.05) is 6.92 Å². The molecule has 4 nitrogen and oxygen atoms in total. The molecule has 16 heavy (non-hydrogen) atoms. The molecule has 3 unspecified atom stereocenters. The van der Waals surface area contributed by atoms with Gasteiger partial charge in [-0.2, -0.15) is 0 Å². The van der Waals surface area contributed by atoms with Gasteiger partial charge < -0.3 is 22.9 Å². The normalized spacial score (nSPS) is 20.2. The second-order valence-corrected chi connectivity index (χ2v) is 6.00. The maximum Gasteiger partial charge on any atom is 0.0305 e. The summed E-state index contributed by atoms with van der Waals surface area (Å²) in [6, 6.07) is -0.0200. The molecule has 0 aromatic heterocycles. The maximum atomic E-state index is 6.33. The van der Waals surface area contributed by atoms with Crippen LogP contribution >= 0.6 is 0 Å². The molecular formula is C12H30N4. The molecule has 0 rings (SSSR count). The number of nitrogens with two attached hydrogens (primary N) is 4. The molecule has 0 bridgehead atoms. The molecule has 0 heterocycles. The number of hydrogen-bond donors (Lipinski definition) is 4. The monoisotopic (exact) mass is 230 g/mol.